The van der Waals surface area contributed by atoms with Gasteiger partial charge in [0.05, 0.1) is 34.4 Å². The second-order valence-electron chi connectivity index (χ2n) is 18.5. The van der Waals surface area contributed by atoms with Crippen LogP contribution in [0.2, 0.25) is 0 Å². The van der Waals surface area contributed by atoms with Crippen LogP contribution >= 0.6 is 7.82 Å². The number of carbonyl (C=O) groups excluding carboxylic acids is 1. The van der Waals surface area contributed by atoms with E-state index in [2.05, 4.69) is 50.3 Å². The van der Waals surface area contributed by atoms with Gasteiger partial charge in [0, 0.05) is 13.0 Å². The average Bonchev–Trinajstić information content (AvgIpc) is 3.22. The van der Waals surface area contributed by atoms with Crippen LogP contribution in [0.15, 0.2) is 36.5 Å². The van der Waals surface area contributed by atoms with E-state index >= 15 is 0 Å². The Bertz CT molecular complexity index is 1070. The number of rotatable bonds is 48. The van der Waals surface area contributed by atoms with Crippen molar-refractivity contribution in [2.24, 2.45) is 0 Å². The zero-order chi connectivity index (χ0) is 44.8. The van der Waals surface area contributed by atoms with Crippen LogP contribution in [0.4, 0.5) is 0 Å². The van der Waals surface area contributed by atoms with Crippen LogP contribution in [0.5, 0.6) is 0 Å². The molecule has 0 amide bonds. The quantitative estimate of drug-likeness (QED) is 0.0214. The molecule has 0 aromatic carbocycles. The highest BCUT2D eigenvalue weighted by atomic mass is 31.2. The summed E-state index contributed by atoms with van der Waals surface area (Å²) < 4.78 is 35.1. The number of phosphoric acid groups is 1. The van der Waals surface area contributed by atoms with Crippen molar-refractivity contribution in [3.8, 4) is 0 Å². The van der Waals surface area contributed by atoms with Crippen molar-refractivity contribution >= 4 is 13.8 Å². The highest BCUT2D eigenvalue weighted by molar-refractivity contribution is 7.47. The Morgan fingerprint density at radius 1 is 0.508 bits per heavy atom. The number of phosphoric ester groups is 1. The summed E-state index contributed by atoms with van der Waals surface area (Å²) in [5.41, 5.74) is 0. The van der Waals surface area contributed by atoms with Crippen molar-refractivity contribution in [1.82, 2.24) is 0 Å². The molecular weight excluding hydrogens is 782 g/mol. The van der Waals surface area contributed by atoms with Crippen molar-refractivity contribution in [2.45, 2.75) is 238 Å². The molecule has 0 heterocycles. The zero-order valence-corrected chi connectivity index (χ0v) is 41.8. The van der Waals surface area contributed by atoms with Crippen molar-refractivity contribution in [2.75, 3.05) is 54.1 Å². The first-order valence-electron chi connectivity index (χ1n) is 25.7. The Hall–Kier alpha value is -1.28. The standard InChI is InChI=1S/C52H100NO7P/c1-6-8-10-12-14-16-18-20-21-22-23-24-25-26-27-28-29-30-31-32-34-36-38-40-42-44-47-57-49-51(50-59-61(55,56)58-48-46-53(3,4)5)60-52(54)45-43-41-39-37-35-33-19-17-15-13-11-9-7-2/h11,13,17,19,22-23,51H,6-10,12,14-16,18,20-21,24-50H2,1-5H3/p+1/b13-11-,19-17-,23-22-. The summed E-state index contributed by atoms with van der Waals surface area (Å²) in [7, 11) is 1.66. The van der Waals surface area contributed by atoms with Crippen molar-refractivity contribution in [1.29, 1.82) is 0 Å². The Kier molecular flexibility index (Phi) is 44.3. The highest BCUT2D eigenvalue weighted by Gasteiger charge is 2.26. The second-order valence-corrected chi connectivity index (χ2v) is 20.0. The molecule has 0 bridgehead atoms. The number of quaternary nitrogens is 1. The maximum Gasteiger partial charge on any atom is 0.472 e. The molecule has 2 unspecified atom stereocenters. The molecule has 0 aliphatic carbocycles. The van der Waals surface area contributed by atoms with Gasteiger partial charge < -0.3 is 18.9 Å². The number of esters is 1. The summed E-state index contributed by atoms with van der Waals surface area (Å²) in [5.74, 6) is -0.326. The fourth-order valence-electron chi connectivity index (χ4n) is 7.18. The molecule has 9 heteroatoms. The minimum atomic E-state index is -4.28. The predicted molar refractivity (Wildman–Crippen MR) is 261 cm³/mol. The maximum atomic E-state index is 12.7. The van der Waals surface area contributed by atoms with Gasteiger partial charge in [-0.15, -0.1) is 0 Å². The Balaban J connectivity index is 4.03. The first-order chi connectivity index (χ1) is 29.6. The predicted octanol–water partition coefficient (Wildman–Crippen LogP) is 15.7. The van der Waals surface area contributed by atoms with Crippen LogP contribution in [0, 0.1) is 0 Å². The molecule has 8 nitrogen and oxygen atoms in total. The van der Waals surface area contributed by atoms with Gasteiger partial charge in [0.2, 0.25) is 0 Å². The lowest BCUT2D eigenvalue weighted by Gasteiger charge is -2.24. The minimum absolute atomic E-state index is 0.0863. The molecule has 2 atom stereocenters. The van der Waals surface area contributed by atoms with E-state index in [-0.39, 0.29) is 25.8 Å². The molecule has 0 aromatic heterocycles. The van der Waals surface area contributed by atoms with E-state index in [4.69, 9.17) is 18.5 Å². The summed E-state index contributed by atoms with van der Waals surface area (Å²) >= 11 is 0. The van der Waals surface area contributed by atoms with E-state index in [1.54, 1.807) is 0 Å². The van der Waals surface area contributed by atoms with Gasteiger partial charge in [-0.1, -0.05) is 198 Å². The fraction of sp³-hybridized carbons (Fsp3) is 0.865. The Morgan fingerprint density at radius 2 is 0.934 bits per heavy atom. The second kappa shape index (κ2) is 45.3. The van der Waals surface area contributed by atoms with Crippen LogP contribution < -0.4 is 0 Å². The SMILES string of the molecule is CCC/C=C\C/C=C\CCCCCCCC(=O)OC(COCCCCCCCCCCCCCCCC/C=C\CCCCCCCCCC)COP(=O)(O)OCC[N+](C)(C)C. The van der Waals surface area contributed by atoms with Gasteiger partial charge in [0.25, 0.3) is 0 Å². The first-order valence-corrected chi connectivity index (χ1v) is 27.2. The molecule has 0 aromatic rings. The summed E-state index contributed by atoms with van der Waals surface area (Å²) in [6, 6.07) is 0. The number of hydrogen-bond donors (Lipinski definition) is 1. The average molecular weight is 883 g/mol. The smallest absolute Gasteiger partial charge is 0.457 e. The van der Waals surface area contributed by atoms with E-state index in [9.17, 15) is 14.3 Å². The third-order valence-corrected chi connectivity index (χ3v) is 12.1. The van der Waals surface area contributed by atoms with Crippen LogP contribution in [0.25, 0.3) is 0 Å². The number of unbranched alkanes of at least 4 members (excludes halogenated alkanes) is 28. The lowest BCUT2D eigenvalue weighted by molar-refractivity contribution is -0.870. The lowest BCUT2D eigenvalue weighted by atomic mass is 10.0. The molecule has 0 saturated heterocycles. The number of nitrogens with zero attached hydrogens (tertiary/aromatic N) is 1. The van der Waals surface area contributed by atoms with E-state index in [0.717, 1.165) is 64.2 Å². The highest BCUT2D eigenvalue weighted by Crippen LogP contribution is 2.43. The molecule has 0 saturated carbocycles. The number of carbonyl (C=O) groups is 1. The molecular formula is C52H101NO7P+. The summed E-state index contributed by atoms with van der Waals surface area (Å²) in [6.07, 6.45) is 54.9. The van der Waals surface area contributed by atoms with Gasteiger partial charge in [-0.05, 0) is 64.2 Å². The molecule has 0 radical (unpaired) electrons. The van der Waals surface area contributed by atoms with Crippen molar-refractivity contribution < 1.29 is 37.3 Å². The van der Waals surface area contributed by atoms with E-state index < -0.39 is 13.9 Å². The monoisotopic (exact) mass is 883 g/mol. The molecule has 360 valence electrons. The van der Waals surface area contributed by atoms with Gasteiger partial charge in [0.1, 0.15) is 19.3 Å². The van der Waals surface area contributed by atoms with Crippen LogP contribution in [0.1, 0.15) is 232 Å². The van der Waals surface area contributed by atoms with E-state index in [0.29, 0.717) is 24.1 Å². The van der Waals surface area contributed by atoms with Crippen molar-refractivity contribution in [3.05, 3.63) is 36.5 Å². The van der Waals surface area contributed by atoms with Gasteiger partial charge in [-0.3, -0.25) is 13.8 Å². The van der Waals surface area contributed by atoms with E-state index in [1.807, 2.05) is 21.1 Å². The van der Waals surface area contributed by atoms with Crippen molar-refractivity contribution in [3.63, 3.8) is 0 Å². The summed E-state index contributed by atoms with van der Waals surface area (Å²) in [5, 5.41) is 0. The Labute approximate surface area is 378 Å². The normalized spacial score (nSPS) is 13.9. The topological polar surface area (TPSA) is 91.3 Å². The molecule has 0 rings (SSSR count). The molecule has 61 heavy (non-hydrogen) atoms. The van der Waals surface area contributed by atoms with E-state index in [1.165, 1.54) is 148 Å². The van der Waals surface area contributed by atoms with Gasteiger partial charge in [-0.25, -0.2) is 4.57 Å². The Morgan fingerprint density at radius 3 is 1.41 bits per heavy atom. The molecule has 0 spiro atoms. The van der Waals surface area contributed by atoms with Crippen LogP contribution in [-0.4, -0.2) is 75.6 Å². The third-order valence-electron chi connectivity index (χ3n) is 11.2. The molecule has 0 fully saturated rings. The number of allylic oxidation sites excluding steroid dienone is 6. The first kappa shape index (κ1) is 59.7. The van der Waals surface area contributed by atoms with Gasteiger partial charge in [-0.2, -0.15) is 0 Å². The third kappa shape index (κ3) is 49.6. The van der Waals surface area contributed by atoms with Crippen LogP contribution in [0.3, 0.4) is 0 Å². The summed E-state index contributed by atoms with van der Waals surface area (Å²) in [4.78, 5) is 22.9. The number of hydrogen-bond acceptors (Lipinski definition) is 6. The number of ether oxygens (including phenoxy) is 2. The maximum absolute atomic E-state index is 12.7. The number of likely N-dealkylation sites (N-methyl/N-ethyl adjacent to an activating group) is 1. The van der Waals surface area contributed by atoms with Crippen LogP contribution in [-0.2, 0) is 27.9 Å². The lowest BCUT2D eigenvalue weighted by Crippen LogP contribution is -2.37. The fourth-order valence-corrected chi connectivity index (χ4v) is 7.92. The summed E-state index contributed by atoms with van der Waals surface area (Å²) in [6.45, 7) is 5.57. The molecule has 1 N–H and O–H groups in total. The molecule has 0 aliphatic heterocycles. The zero-order valence-electron chi connectivity index (χ0n) is 40.9. The molecule has 0 aliphatic rings. The van der Waals surface area contributed by atoms with Gasteiger partial charge >= 0.3 is 13.8 Å². The minimum Gasteiger partial charge on any atom is -0.457 e. The largest absolute Gasteiger partial charge is 0.472 e. The van der Waals surface area contributed by atoms with Gasteiger partial charge in [0.15, 0.2) is 0 Å².